The molecule has 0 saturated heterocycles. The second kappa shape index (κ2) is 5.36. The topological polar surface area (TPSA) is 68.3 Å². The van der Waals surface area contributed by atoms with Crippen LogP contribution in [0.5, 0.6) is 0 Å². The van der Waals surface area contributed by atoms with E-state index in [9.17, 15) is 4.79 Å². The van der Waals surface area contributed by atoms with Crippen LogP contribution in [0.1, 0.15) is 35.6 Å². The van der Waals surface area contributed by atoms with Gasteiger partial charge in [0.2, 0.25) is 0 Å². The van der Waals surface area contributed by atoms with Crippen molar-refractivity contribution in [2.75, 3.05) is 13.1 Å². The lowest BCUT2D eigenvalue weighted by Crippen LogP contribution is -2.32. The molecular formula is C13H20N2O2. The van der Waals surface area contributed by atoms with E-state index in [4.69, 9.17) is 10.2 Å². The van der Waals surface area contributed by atoms with Crippen molar-refractivity contribution < 1.29 is 9.21 Å². The molecule has 1 fully saturated rings. The van der Waals surface area contributed by atoms with E-state index in [0.29, 0.717) is 24.1 Å². The quantitative estimate of drug-likeness (QED) is 0.836. The molecule has 2 unspecified atom stereocenters. The number of nitrogens with one attached hydrogen (secondary N) is 1. The van der Waals surface area contributed by atoms with E-state index in [0.717, 1.165) is 12.3 Å². The third kappa shape index (κ3) is 2.88. The normalized spacial score (nSPS) is 23.9. The monoisotopic (exact) mass is 236 g/mol. The van der Waals surface area contributed by atoms with Gasteiger partial charge in [0.1, 0.15) is 5.76 Å². The Morgan fingerprint density at radius 3 is 2.88 bits per heavy atom. The van der Waals surface area contributed by atoms with Gasteiger partial charge in [-0.1, -0.05) is 6.42 Å². The van der Waals surface area contributed by atoms with Crippen LogP contribution in [0.4, 0.5) is 0 Å². The van der Waals surface area contributed by atoms with Gasteiger partial charge in [-0.05, 0) is 50.3 Å². The molecule has 1 heterocycles. The lowest BCUT2D eigenvalue weighted by atomic mass is 9.96. The van der Waals surface area contributed by atoms with Gasteiger partial charge in [0.25, 0.3) is 5.91 Å². The first-order valence-corrected chi connectivity index (χ1v) is 6.25. The number of hydrogen-bond acceptors (Lipinski definition) is 3. The highest BCUT2D eigenvalue weighted by atomic mass is 16.3. The third-order valence-electron chi connectivity index (χ3n) is 3.61. The number of amides is 1. The van der Waals surface area contributed by atoms with Crippen molar-refractivity contribution in [1.29, 1.82) is 0 Å². The highest BCUT2D eigenvalue weighted by Crippen LogP contribution is 2.30. The molecule has 2 atom stereocenters. The van der Waals surface area contributed by atoms with Gasteiger partial charge in [0, 0.05) is 6.54 Å². The fourth-order valence-electron chi connectivity index (χ4n) is 2.56. The molecule has 0 spiro atoms. The minimum absolute atomic E-state index is 0.124. The Kier molecular flexibility index (Phi) is 3.84. The molecule has 2 rings (SSSR count). The van der Waals surface area contributed by atoms with Gasteiger partial charge in [-0.2, -0.15) is 0 Å². The van der Waals surface area contributed by atoms with Gasteiger partial charge in [-0.25, -0.2) is 0 Å². The van der Waals surface area contributed by atoms with Crippen LogP contribution in [-0.4, -0.2) is 19.0 Å². The zero-order chi connectivity index (χ0) is 12.3. The number of furan rings is 1. The van der Waals surface area contributed by atoms with Crippen LogP contribution in [0.25, 0.3) is 0 Å². The second-order valence-electron chi connectivity index (χ2n) is 4.81. The summed E-state index contributed by atoms with van der Waals surface area (Å²) in [5.74, 6) is 2.12. The molecule has 3 N–H and O–H groups in total. The summed E-state index contributed by atoms with van der Waals surface area (Å²) < 4.78 is 5.28. The summed E-state index contributed by atoms with van der Waals surface area (Å²) in [4.78, 5) is 11.8. The van der Waals surface area contributed by atoms with E-state index in [-0.39, 0.29) is 5.91 Å². The minimum atomic E-state index is -0.124. The molecule has 0 radical (unpaired) electrons. The van der Waals surface area contributed by atoms with E-state index in [1.54, 1.807) is 12.1 Å². The first kappa shape index (κ1) is 12.2. The van der Waals surface area contributed by atoms with Crippen molar-refractivity contribution in [3.05, 3.63) is 23.7 Å². The maximum Gasteiger partial charge on any atom is 0.287 e. The second-order valence-corrected chi connectivity index (χ2v) is 4.81. The first-order chi connectivity index (χ1) is 8.20. The van der Waals surface area contributed by atoms with Crippen LogP contribution < -0.4 is 11.1 Å². The molecule has 4 heteroatoms. The van der Waals surface area contributed by atoms with Gasteiger partial charge in [0.05, 0.1) is 0 Å². The summed E-state index contributed by atoms with van der Waals surface area (Å²) in [6.07, 6.45) is 3.58. The van der Waals surface area contributed by atoms with E-state index in [1.807, 2.05) is 6.92 Å². The molecule has 1 aromatic rings. The predicted molar refractivity (Wildman–Crippen MR) is 65.7 cm³/mol. The maximum absolute atomic E-state index is 11.8. The summed E-state index contributed by atoms with van der Waals surface area (Å²) in [5, 5.41) is 2.93. The number of nitrogens with two attached hydrogens (primary N) is 1. The van der Waals surface area contributed by atoms with E-state index < -0.39 is 0 Å². The molecule has 94 valence electrons. The van der Waals surface area contributed by atoms with E-state index in [2.05, 4.69) is 5.32 Å². The van der Waals surface area contributed by atoms with Crippen molar-refractivity contribution in [3.63, 3.8) is 0 Å². The smallest absolute Gasteiger partial charge is 0.287 e. The average molecular weight is 236 g/mol. The predicted octanol–water partition coefficient (Wildman–Crippen LogP) is 1.69. The van der Waals surface area contributed by atoms with Gasteiger partial charge in [-0.15, -0.1) is 0 Å². The summed E-state index contributed by atoms with van der Waals surface area (Å²) in [6.45, 7) is 3.26. The Bertz CT molecular complexity index is 387. The molecule has 1 saturated carbocycles. The molecule has 17 heavy (non-hydrogen) atoms. The summed E-state index contributed by atoms with van der Waals surface area (Å²) >= 11 is 0. The molecule has 0 aliphatic heterocycles. The number of carbonyl (C=O) groups is 1. The molecular weight excluding hydrogens is 216 g/mol. The van der Waals surface area contributed by atoms with Gasteiger partial charge < -0.3 is 15.5 Å². The maximum atomic E-state index is 11.8. The first-order valence-electron chi connectivity index (χ1n) is 6.25. The van der Waals surface area contributed by atoms with Crippen LogP contribution in [0.15, 0.2) is 16.5 Å². The van der Waals surface area contributed by atoms with Crippen molar-refractivity contribution >= 4 is 5.91 Å². The SMILES string of the molecule is Cc1ccc(C(=O)NCC2CCCC2CN)o1. The summed E-state index contributed by atoms with van der Waals surface area (Å²) in [6, 6.07) is 3.51. The van der Waals surface area contributed by atoms with Crippen LogP contribution >= 0.6 is 0 Å². The third-order valence-corrected chi connectivity index (χ3v) is 3.61. The number of hydrogen-bond donors (Lipinski definition) is 2. The van der Waals surface area contributed by atoms with Crippen LogP contribution in [0, 0.1) is 18.8 Å². The summed E-state index contributed by atoms with van der Waals surface area (Å²) in [5.41, 5.74) is 5.71. The Morgan fingerprint density at radius 1 is 1.47 bits per heavy atom. The molecule has 0 bridgehead atoms. The molecule has 1 aliphatic rings. The number of aryl methyl sites for hydroxylation is 1. The molecule has 4 nitrogen and oxygen atoms in total. The van der Waals surface area contributed by atoms with Crippen molar-refractivity contribution in [2.24, 2.45) is 17.6 Å². The van der Waals surface area contributed by atoms with Gasteiger partial charge >= 0.3 is 0 Å². The molecule has 1 aromatic heterocycles. The lowest BCUT2D eigenvalue weighted by molar-refractivity contribution is 0.0915. The Labute approximate surface area is 102 Å². The van der Waals surface area contributed by atoms with Gasteiger partial charge in [0.15, 0.2) is 5.76 Å². The van der Waals surface area contributed by atoms with Crippen LogP contribution in [0.2, 0.25) is 0 Å². The van der Waals surface area contributed by atoms with Crippen LogP contribution in [0.3, 0.4) is 0 Å². The fraction of sp³-hybridized carbons (Fsp3) is 0.615. The fourth-order valence-corrected chi connectivity index (χ4v) is 2.56. The molecule has 0 aromatic carbocycles. The summed E-state index contributed by atoms with van der Waals surface area (Å²) in [7, 11) is 0. The van der Waals surface area contributed by atoms with Crippen molar-refractivity contribution in [3.8, 4) is 0 Å². The van der Waals surface area contributed by atoms with Gasteiger partial charge in [-0.3, -0.25) is 4.79 Å². The van der Waals surface area contributed by atoms with Crippen LogP contribution in [-0.2, 0) is 0 Å². The van der Waals surface area contributed by atoms with Crippen molar-refractivity contribution in [2.45, 2.75) is 26.2 Å². The minimum Gasteiger partial charge on any atom is -0.456 e. The lowest BCUT2D eigenvalue weighted by Gasteiger charge is -2.17. The Morgan fingerprint density at radius 2 is 2.24 bits per heavy atom. The average Bonchev–Trinajstić information content (AvgIpc) is 2.94. The molecule has 1 amide bonds. The number of rotatable bonds is 4. The zero-order valence-electron chi connectivity index (χ0n) is 10.2. The van der Waals surface area contributed by atoms with E-state index >= 15 is 0 Å². The Balaban J connectivity index is 1.84. The highest BCUT2D eigenvalue weighted by molar-refractivity contribution is 5.91. The van der Waals surface area contributed by atoms with E-state index in [1.165, 1.54) is 19.3 Å². The highest BCUT2D eigenvalue weighted by Gasteiger charge is 2.26. The van der Waals surface area contributed by atoms with Crippen molar-refractivity contribution in [1.82, 2.24) is 5.32 Å². The Hall–Kier alpha value is -1.29. The number of carbonyl (C=O) groups excluding carboxylic acids is 1. The zero-order valence-corrected chi connectivity index (χ0v) is 10.2. The largest absolute Gasteiger partial charge is 0.456 e. The standard InChI is InChI=1S/C13H20N2O2/c1-9-5-6-12(17-9)13(16)15-8-11-4-2-3-10(11)7-14/h5-6,10-11H,2-4,7-8,14H2,1H3,(H,15,16). The molecule has 1 aliphatic carbocycles.